The van der Waals surface area contributed by atoms with Gasteiger partial charge in [-0.1, -0.05) is 54.1 Å². The van der Waals surface area contributed by atoms with Crippen molar-refractivity contribution in [3.05, 3.63) is 70.2 Å². The Balaban J connectivity index is 1.78. The lowest BCUT2D eigenvalue weighted by Gasteiger charge is -2.33. The lowest BCUT2D eigenvalue weighted by atomic mass is 9.87. The lowest BCUT2D eigenvalue weighted by Crippen LogP contribution is -2.34. The number of carbonyl (C=O) groups is 1. The van der Waals surface area contributed by atoms with Gasteiger partial charge in [-0.25, -0.2) is 0 Å². The molecule has 3 heteroatoms. The maximum absolute atomic E-state index is 12.6. The largest absolute Gasteiger partial charge is 0.338 e. The molecule has 0 aromatic heterocycles. The molecule has 114 valence electrons. The second kappa shape index (κ2) is 6.53. The number of aryl methyl sites for hydroxylation is 1. The predicted molar refractivity (Wildman–Crippen MR) is 90.0 cm³/mol. The SMILES string of the molecule is CN(C(=O)Cc1ccccc1Cl)[C@H]1CCCc2ccccc21. The van der Waals surface area contributed by atoms with E-state index in [-0.39, 0.29) is 11.9 Å². The van der Waals surface area contributed by atoms with Crippen molar-refractivity contribution in [1.29, 1.82) is 0 Å². The van der Waals surface area contributed by atoms with Gasteiger partial charge in [-0.05, 0) is 42.0 Å². The molecule has 0 spiro atoms. The van der Waals surface area contributed by atoms with Crippen molar-refractivity contribution >= 4 is 17.5 Å². The van der Waals surface area contributed by atoms with Gasteiger partial charge in [0.15, 0.2) is 0 Å². The quantitative estimate of drug-likeness (QED) is 0.821. The molecule has 0 saturated heterocycles. The first-order valence-corrected chi connectivity index (χ1v) is 8.11. The highest BCUT2D eigenvalue weighted by Crippen LogP contribution is 2.33. The summed E-state index contributed by atoms with van der Waals surface area (Å²) in [7, 11) is 1.91. The van der Waals surface area contributed by atoms with Gasteiger partial charge in [-0.3, -0.25) is 4.79 Å². The van der Waals surface area contributed by atoms with E-state index in [1.54, 1.807) is 0 Å². The van der Waals surface area contributed by atoms with Gasteiger partial charge in [0.05, 0.1) is 12.5 Å². The number of amides is 1. The number of likely N-dealkylation sites (N-methyl/N-ethyl adjacent to an activating group) is 1. The average molecular weight is 314 g/mol. The van der Waals surface area contributed by atoms with E-state index < -0.39 is 0 Å². The topological polar surface area (TPSA) is 20.3 Å². The summed E-state index contributed by atoms with van der Waals surface area (Å²) in [5.41, 5.74) is 3.56. The number of fused-ring (bicyclic) bond motifs is 1. The second-order valence-electron chi connectivity index (χ2n) is 5.88. The van der Waals surface area contributed by atoms with Gasteiger partial charge in [0.1, 0.15) is 0 Å². The summed E-state index contributed by atoms with van der Waals surface area (Å²) in [4.78, 5) is 14.5. The van der Waals surface area contributed by atoms with Crippen LogP contribution >= 0.6 is 11.6 Å². The van der Waals surface area contributed by atoms with Crippen molar-refractivity contribution in [1.82, 2.24) is 4.90 Å². The average Bonchev–Trinajstić information content (AvgIpc) is 2.55. The van der Waals surface area contributed by atoms with E-state index in [4.69, 9.17) is 11.6 Å². The molecule has 1 atom stereocenters. The van der Waals surface area contributed by atoms with Crippen LogP contribution in [0.15, 0.2) is 48.5 Å². The van der Waals surface area contributed by atoms with Crippen LogP contribution in [0.25, 0.3) is 0 Å². The Morgan fingerprint density at radius 3 is 2.73 bits per heavy atom. The third-order valence-electron chi connectivity index (χ3n) is 4.50. The van der Waals surface area contributed by atoms with E-state index in [1.807, 2.05) is 36.2 Å². The fourth-order valence-corrected chi connectivity index (χ4v) is 3.44. The predicted octanol–water partition coefficient (Wildman–Crippen LogP) is 4.42. The van der Waals surface area contributed by atoms with E-state index in [0.29, 0.717) is 11.4 Å². The van der Waals surface area contributed by atoms with Crippen LogP contribution in [0.5, 0.6) is 0 Å². The highest BCUT2D eigenvalue weighted by molar-refractivity contribution is 6.31. The molecule has 1 amide bonds. The maximum atomic E-state index is 12.6. The molecular weight excluding hydrogens is 294 g/mol. The minimum atomic E-state index is 0.120. The Bertz CT molecular complexity index is 683. The summed E-state index contributed by atoms with van der Waals surface area (Å²) in [6.07, 6.45) is 3.63. The fraction of sp³-hybridized carbons (Fsp3) is 0.316. The molecule has 0 heterocycles. The van der Waals surface area contributed by atoms with Crippen molar-refractivity contribution in [2.75, 3.05) is 7.05 Å². The Hall–Kier alpha value is -1.80. The van der Waals surface area contributed by atoms with Crippen molar-refractivity contribution in [2.24, 2.45) is 0 Å². The molecule has 0 bridgehead atoms. The summed E-state index contributed by atoms with van der Waals surface area (Å²) >= 11 is 6.17. The summed E-state index contributed by atoms with van der Waals surface area (Å²) in [5, 5.41) is 0.660. The lowest BCUT2D eigenvalue weighted by molar-refractivity contribution is -0.131. The van der Waals surface area contributed by atoms with Gasteiger partial charge < -0.3 is 4.90 Å². The molecule has 0 aliphatic heterocycles. The molecular formula is C19H20ClNO. The standard InChI is InChI=1S/C19H20ClNO/c1-21(19(22)13-15-8-3-5-11-17(15)20)18-12-6-9-14-7-2-4-10-16(14)18/h2-5,7-8,10-11,18H,6,9,12-13H2,1H3/t18-/m0/s1. The second-order valence-corrected chi connectivity index (χ2v) is 6.29. The minimum absolute atomic E-state index is 0.120. The molecule has 0 unspecified atom stereocenters. The Labute approximate surface area is 136 Å². The molecule has 1 aliphatic carbocycles. The van der Waals surface area contributed by atoms with E-state index in [2.05, 4.69) is 24.3 Å². The third kappa shape index (κ3) is 3.02. The number of benzene rings is 2. The first-order valence-electron chi connectivity index (χ1n) is 7.73. The Kier molecular flexibility index (Phi) is 4.49. The fourth-order valence-electron chi connectivity index (χ4n) is 3.23. The summed E-state index contributed by atoms with van der Waals surface area (Å²) in [5.74, 6) is 0.120. The van der Waals surface area contributed by atoms with Gasteiger partial charge in [0, 0.05) is 12.1 Å². The molecule has 0 radical (unpaired) electrons. The first kappa shape index (κ1) is 15.1. The van der Waals surface area contributed by atoms with Gasteiger partial charge in [0.2, 0.25) is 5.91 Å². The molecule has 1 aliphatic rings. The Morgan fingerprint density at radius 1 is 1.18 bits per heavy atom. The van der Waals surface area contributed by atoms with Gasteiger partial charge >= 0.3 is 0 Å². The molecule has 0 saturated carbocycles. The number of rotatable bonds is 3. The number of carbonyl (C=O) groups excluding carboxylic acids is 1. The molecule has 2 nitrogen and oxygen atoms in total. The van der Waals surface area contributed by atoms with Crippen molar-refractivity contribution in [3.63, 3.8) is 0 Å². The van der Waals surface area contributed by atoms with E-state index in [9.17, 15) is 4.79 Å². The zero-order chi connectivity index (χ0) is 15.5. The normalized spacial score (nSPS) is 16.9. The van der Waals surface area contributed by atoms with Crippen molar-refractivity contribution in [3.8, 4) is 0 Å². The molecule has 0 fully saturated rings. The highest BCUT2D eigenvalue weighted by atomic mass is 35.5. The van der Waals surface area contributed by atoms with Crippen LogP contribution in [-0.4, -0.2) is 17.9 Å². The Morgan fingerprint density at radius 2 is 1.91 bits per heavy atom. The van der Waals surface area contributed by atoms with Crippen LogP contribution in [-0.2, 0) is 17.6 Å². The molecule has 0 N–H and O–H groups in total. The number of hydrogen-bond donors (Lipinski definition) is 0. The van der Waals surface area contributed by atoms with Gasteiger partial charge in [-0.2, -0.15) is 0 Å². The van der Waals surface area contributed by atoms with Crippen LogP contribution in [0.2, 0.25) is 5.02 Å². The maximum Gasteiger partial charge on any atom is 0.227 e. The smallest absolute Gasteiger partial charge is 0.227 e. The molecule has 2 aromatic rings. The van der Waals surface area contributed by atoms with E-state index in [1.165, 1.54) is 11.1 Å². The number of hydrogen-bond acceptors (Lipinski definition) is 1. The van der Waals surface area contributed by atoms with Gasteiger partial charge in [-0.15, -0.1) is 0 Å². The molecule has 22 heavy (non-hydrogen) atoms. The van der Waals surface area contributed by atoms with Crippen molar-refractivity contribution in [2.45, 2.75) is 31.7 Å². The summed E-state index contributed by atoms with van der Waals surface area (Å²) in [6, 6.07) is 16.2. The van der Waals surface area contributed by atoms with Gasteiger partial charge in [0.25, 0.3) is 0 Å². The zero-order valence-electron chi connectivity index (χ0n) is 12.8. The highest BCUT2D eigenvalue weighted by Gasteiger charge is 2.26. The number of nitrogens with zero attached hydrogens (tertiary/aromatic N) is 1. The monoisotopic (exact) mass is 313 g/mol. The zero-order valence-corrected chi connectivity index (χ0v) is 13.5. The van der Waals surface area contributed by atoms with Crippen LogP contribution in [0.3, 0.4) is 0 Å². The van der Waals surface area contributed by atoms with Crippen molar-refractivity contribution < 1.29 is 4.79 Å². The summed E-state index contributed by atoms with van der Waals surface area (Å²) < 4.78 is 0. The van der Waals surface area contributed by atoms with E-state index in [0.717, 1.165) is 24.8 Å². The third-order valence-corrected chi connectivity index (χ3v) is 4.87. The van der Waals surface area contributed by atoms with Crippen LogP contribution < -0.4 is 0 Å². The molecule has 2 aromatic carbocycles. The van der Waals surface area contributed by atoms with Crippen LogP contribution in [0.1, 0.15) is 35.6 Å². The van der Waals surface area contributed by atoms with E-state index >= 15 is 0 Å². The first-order chi connectivity index (χ1) is 10.7. The number of halogens is 1. The minimum Gasteiger partial charge on any atom is -0.338 e. The van der Waals surface area contributed by atoms with Crippen LogP contribution in [0, 0.1) is 0 Å². The summed E-state index contributed by atoms with van der Waals surface area (Å²) in [6.45, 7) is 0. The van der Waals surface area contributed by atoms with Crippen LogP contribution in [0.4, 0.5) is 0 Å². The molecule has 3 rings (SSSR count).